The number of nitrogens with one attached hydrogen (secondary N) is 2. The van der Waals surface area contributed by atoms with Gasteiger partial charge in [-0.2, -0.15) is 5.10 Å². The lowest BCUT2D eigenvalue weighted by atomic mass is 10.2. The summed E-state index contributed by atoms with van der Waals surface area (Å²) in [4.78, 5) is 15.3. The van der Waals surface area contributed by atoms with Gasteiger partial charge in [0, 0.05) is 24.1 Å². The zero-order valence-corrected chi connectivity index (χ0v) is 11.5. The van der Waals surface area contributed by atoms with Crippen LogP contribution in [0.1, 0.15) is 21.7 Å². The Kier molecular flexibility index (Phi) is 3.02. The number of benzene rings is 1. The lowest BCUT2D eigenvalue weighted by Gasteiger charge is -2.04. The van der Waals surface area contributed by atoms with Crippen LogP contribution in [-0.2, 0) is 13.6 Å². The van der Waals surface area contributed by atoms with Crippen LogP contribution >= 0.6 is 0 Å². The number of hydrogen-bond acceptors (Lipinski definition) is 2. The van der Waals surface area contributed by atoms with E-state index in [1.165, 1.54) is 0 Å². The van der Waals surface area contributed by atoms with Crippen molar-refractivity contribution in [3.63, 3.8) is 0 Å². The van der Waals surface area contributed by atoms with Crippen LogP contribution in [0.3, 0.4) is 0 Å². The maximum atomic E-state index is 12.2. The maximum Gasteiger partial charge on any atom is 0.268 e. The molecule has 2 N–H and O–H groups in total. The van der Waals surface area contributed by atoms with Gasteiger partial charge in [-0.15, -0.1) is 0 Å². The summed E-state index contributed by atoms with van der Waals surface area (Å²) in [5.41, 5.74) is 3.69. The van der Waals surface area contributed by atoms with Crippen LogP contribution in [0.5, 0.6) is 0 Å². The minimum Gasteiger partial charge on any atom is -0.350 e. The van der Waals surface area contributed by atoms with E-state index in [9.17, 15) is 4.79 Å². The molecule has 0 fully saturated rings. The van der Waals surface area contributed by atoms with Crippen LogP contribution in [0.15, 0.2) is 36.5 Å². The highest BCUT2D eigenvalue weighted by atomic mass is 16.1. The minimum atomic E-state index is -0.109. The lowest BCUT2D eigenvalue weighted by molar-refractivity contribution is 0.0946. The predicted molar refractivity (Wildman–Crippen MR) is 77.4 cm³/mol. The van der Waals surface area contributed by atoms with E-state index in [-0.39, 0.29) is 5.91 Å². The van der Waals surface area contributed by atoms with Gasteiger partial charge in [-0.3, -0.25) is 9.48 Å². The number of H-pyrrole nitrogens is 1. The van der Waals surface area contributed by atoms with E-state index in [0.29, 0.717) is 12.2 Å². The molecule has 0 bridgehead atoms. The van der Waals surface area contributed by atoms with Gasteiger partial charge in [0.25, 0.3) is 5.91 Å². The van der Waals surface area contributed by atoms with E-state index in [4.69, 9.17) is 0 Å². The Morgan fingerprint density at radius 2 is 2.25 bits per heavy atom. The predicted octanol–water partition coefficient (Wildman–Crippen LogP) is 2.14. The number of aromatic nitrogens is 3. The number of carbonyl (C=O) groups excluding carboxylic acids is 1. The molecule has 5 nitrogen and oxygen atoms in total. The van der Waals surface area contributed by atoms with Gasteiger partial charge in [-0.25, -0.2) is 0 Å². The van der Waals surface area contributed by atoms with Crippen LogP contribution in [0.2, 0.25) is 0 Å². The first kappa shape index (κ1) is 12.5. The van der Waals surface area contributed by atoms with E-state index in [2.05, 4.69) is 15.4 Å². The second kappa shape index (κ2) is 4.85. The second-order valence-corrected chi connectivity index (χ2v) is 4.85. The van der Waals surface area contributed by atoms with Crippen LogP contribution < -0.4 is 5.32 Å². The Morgan fingerprint density at radius 3 is 2.95 bits per heavy atom. The number of para-hydroxylation sites is 1. The molecule has 0 saturated carbocycles. The monoisotopic (exact) mass is 268 g/mol. The Hall–Kier alpha value is -2.56. The van der Waals surface area contributed by atoms with Crippen molar-refractivity contribution in [1.82, 2.24) is 20.1 Å². The third-order valence-electron chi connectivity index (χ3n) is 3.46. The van der Waals surface area contributed by atoms with Crippen LogP contribution in [0.4, 0.5) is 0 Å². The largest absolute Gasteiger partial charge is 0.350 e. The Bertz CT molecular complexity index is 769. The molecule has 3 aromatic rings. The first-order chi connectivity index (χ1) is 9.65. The molecule has 5 heteroatoms. The van der Waals surface area contributed by atoms with Gasteiger partial charge in [0.1, 0.15) is 5.69 Å². The molecule has 0 unspecified atom stereocenters. The fourth-order valence-corrected chi connectivity index (χ4v) is 2.27. The highest BCUT2D eigenvalue weighted by Crippen LogP contribution is 2.18. The zero-order valence-electron chi connectivity index (χ0n) is 11.5. The molecule has 0 radical (unpaired) electrons. The highest BCUT2D eigenvalue weighted by Gasteiger charge is 2.10. The van der Waals surface area contributed by atoms with Crippen molar-refractivity contribution in [3.8, 4) is 0 Å². The molecule has 0 aliphatic rings. The lowest BCUT2D eigenvalue weighted by Crippen LogP contribution is -2.24. The molecular formula is C15H16N4O. The number of hydrogen-bond donors (Lipinski definition) is 2. The molecule has 0 spiro atoms. The van der Waals surface area contributed by atoms with Crippen LogP contribution in [-0.4, -0.2) is 20.7 Å². The van der Waals surface area contributed by atoms with Gasteiger partial charge in [0.15, 0.2) is 0 Å². The van der Waals surface area contributed by atoms with Gasteiger partial charge >= 0.3 is 0 Å². The molecule has 0 atom stereocenters. The van der Waals surface area contributed by atoms with Crippen molar-refractivity contribution >= 4 is 16.8 Å². The van der Waals surface area contributed by atoms with Crippen molar-refractivity contribution in [2.24, 2.45) is 7.05 Å². The normalized spacial score (nSPS) is 10.9. The number of nitrogens with zero attached hydrogens (tertiary/aromatic N) is 2. The molecule has 2 aromatic heterocycles. The first-order valence-corrected chi connectivity index (χ1v) is 6.48. The maximum absolute atomic E-state index is 12.2. The fourth-order valence-electron chi connectivity index (χ4n) is 2.27. The quantitative estimate of drug-likeness (QED) is 0.764. The molecule has 1 aromatic carbocycles. The Balaban J connectivity index is 1.79. The zero-order chi connectivity index (χ0) is 14.1. The molecule has 0 aliphatic heterocycles. The first-order valence-electron chi connectivity index (χ1n) is 6.48. The number of fused-ring (bicyclic) bond motifs is 1. The van der Waals surface area contributed by atoms with Gasteiger partial charge < -0.3 is 10.3 Å². The van der Waals surface area contributed by atoms with E-state index in [1.54, 1.807) is 10.9 Å². The summed E-state index contributed by atoms with van der Waals surface area (Å²) in [7, 11) is 1.85. The molecular weight excluding hydrogens is 252 g/mol. The summed E-state index contributed by atoms with van der Waals surface area (Å²) in [5, 5.41) is 8.01. The molecule has 1 amide bonds. The van der Waals surface area contributed by atoms with Gasteiger partial charge in [0.05, 0.1) is 12.2 Å². The molecule has 3 rings (SSSR count). The standard InChI is InChI=1S/C15H16N4O/c1-10-4-3-5-11-8-13(18-14(10)11)15(20)16-9-12-6-7-17-19(12)2/h3-8,18H,9H2,1-2H3,(H,16,20). The van der Waals surface area contributed by atoms with Crippen molar-refractivity contribution in [1.29, 1.82) is 0 Å². The number of rotatable bonds is 3. The molecule has 0 saturated heterocycles. The average Bonchev–Trinajstić information content (AvgIpc) is 3.03. The molecule has 2 heterocycles. The summed E-state index contributed by atoms with van der Waals surface area (Å²) >= 11 is 0. The molecule has 102 valence electrons. The SMILES string of the molecule is Cc1cccc2cc(C(=O)NCc3ccnn3C)[nH]c12. The third kappa shape index (κ3) is 2.18. The van der Waals surface area contributed by atoms with Crippen molar-refractivity contribution in [2.45, 2.75) is 13.5 Å². The van der Waals surface area contributed by atoms with Gasteiger partial charge in [-0.1, -0.05) is 18.2 Å². The summed E-state index contributed by atoms with van der Waals surface area (Å²) in [6.07, 6.45) is 1.72. The van der Waals surface area contributed by atoms with E-state index < -0.39 is 0 Å². The Morgan fingerprint density at radius 1 is 1.40 bits per heavy atom. The number of amides is 1. The van der Waals surface area contributed by atoms with Crippen LogP contribution in [0, 0.1) is 6.92 Å². The van der Waals surface area contributed by atoms with Crippen molar-refractivity contribution < 1.29 is 4.79 Å². The number of aromatic amines is 1. The summed E-state index contributed by atoms with van der Waals surface area (Å²) in [6.45, 7) is 2.49. The summed E-state index contributed by atoms with van der Waals surface area (Å²) in [5.74, 6) is -0.109. The van der Waals surface area contributed by atoms with Crippen molar-refractivity contribution in [2.75, 3.05) is 0 Å². The summed E-state index contributed by atoms with van der Waals surface area (Å²) in [6, 6.07) is 9.77. The van der Waals surface area contributed by atoms with Crippen LogP contribution in [0.25, 0.3) is 10.9 Å². The topological polar surface area (TPSA) is 62.7 Å². The van der Waals surface area contributed by atoms with Crippen molar-refractivity contribution in [3.05, 3.63) is 53.5 Å². The number of carbonyl (C=O) groups is 1. The fraction of sp³-hybridized carbons (Fsp3) is 0.200. The van der Waals surface area contributed by atoms with E-state index in [0.717, 1.165) is 22.2 Å². The second-order valence-electron chi connectivity index (χ2n) is 4.85. The smallest absolute Gasteiger partial charge is 0.268 e. The van der Waals surface area contributed by atoms with Gasteiger partial charge in [-0.05, 0) is 24.6 Å². The minimum absolute atomic E-state index is 0.109. The Labute approximate surface area is 116 Å². The van der Waals surface area contributed by atoms with Gasteiger partial charge in [0.2, 0.25) is 0 Å². The average molecular weight is 268 g/mol. The summed E-state index contributed by atoms with van der Waals surface area (Å²) < 4.78 is 1.75. The van der Waals surface area contributed by atoms with E-state index in [1.807, 2.05) is 44.3 Å². The molecule has 20 heavy (non-hydrogen) atoms. The molecule has 0 aliphatic carbocycles. The third-order valence-corrected chi connectivity index (χ3v) is 3.46. The van der Waals surface area contributed by atoms with E-state index >= 15 is 0 Å². The number of aryl methyl sites for hydroxylation is 2. The highest BCUT2D eigenvalue weighted by molar-refractivity contribution is 5.98.